The second-order valence-electron chi connectivity index (χ2n) is 7.52. The third kappa shape index (κ3) is 4.23. The van der Waals surface area contributed by atoms with E-state index >= 15 is 0 Å². The first-order chi connectivity index (χ1) is 14.8. The van der Waals surface area contributed by atoms with Crippen LogP contribution in [0.1, 0.15) is 22.3 Å². The molecular weight excluding hydrogens is 415 g/mol. The molecule has 31 heavy (non-hydrogen) atoms. The molecule has 0 aliphatic carbocycles. The molecular formula is C25H20ClFN2O2. The van der Waals surface area contributed by atoms with Crippen molar-refractivity contribution < 1.29 is 14.0 Å². The molecule has 1 heterocycles. The van der Waals surface area contributed by atoms with Crippen molar-refractivity contribution in [2.24, 2.45) is 0 Å². The van der Waals surface area contributed by atoms with Gasteiger partial charge in [0.05, 0.1) is 12.1 Å². The van der Waals surface area contributed by atoms with Crippen LogP contribution in [0.15, 0.2) is 72.4 Å². The van der Waals surface area contributed by atoms with Gasteiger partial charge in [-0.2, -0.15) is 0 Å². The molecule has 0 unspecified atom stereocenters. The number of hydrogen-bond acceptors (Lipinski definition) is 3. The molecule has 4 rings (SSSR count). The molecule has 1 aliphatic rings. The van der Waals surface area contributed by atoms with E-state index in [9.17, 15) is 14.0 Å². The van der Waals surface area contributed by atoms with Crippen molar-refractivity contribution in [3.63, 3.8) is 0 Å². The van der Waals surface area contributed by atoms with E-state index in [2.05, 4.69) is 5.32 Å². The first-order valence-corrected chi connectivity index (χ1v) is 10.2. The van der Waals surface area contributed by atoms with Gasteiger partial charge in [-0.3, -0.25) is 14.5 Å². The van der Waals surface area contributed by atoms with Crippen LogP contribution in [0, 0.1) is 19.7 Å². The molecule has 3 aromatic carbocycles. The van der Waals surface area contributed by atoms with E-state index in [0.717, 1.165) is 22.4 Å². The normalized spacial score (nSPS) is 13.9. The summed E-state index contributed by atoms with van der Waals surface area (Å²) in [6.45, 7) is 3.98. The van der Waals surface area contributed by atoms with E-state index in [1.165, 1.54) is 29.2 Å². The van der Waals surface area contributed by atoms with Gasteiger partial charge in [0.15, 0.2) is 0 Å². The molecule has 0 radical (unpaired) electrons. The highest BCUT2D eigenvalue weighted by Crippen LogP contribution is 2.32. The Hall–Kier alpha value is -3.44. The summed E-state index contributed by atoms with van der Waals surface area (Å²) in [5.74, 6) is -1.28. The summed E-state index contributed by atoms with van der Waals surface area (Å²) in [4.78, 5) is 27.8. The van der Waals surface area contributed by atoms with Crippen molar-refractivity contribution in [1.82, 2.24) is 4.90 Å². The average molecular weight is 435 g/mol. The number of hydrogen-bond donors (Lipinski definition) is 1. The fraction of sp³-hybridized carbons (Fsp3) is 0.120. The number of rotatable bonds is 5. The van der Waals surface area contributed by atoms with Crippen LogP contribution in [-0.4, -0.2) is 16.7 Å². The van der Waals surface area contributed by atoms with Gasteiger partial charge in [0.1, 0.15) is 11.5 Å². The summed E-state index contributed by atoms with van der Waals surface area (Å²) in [5, 5.41) is 3.75. The van der Waals surface area contributed by atoms with Crippen LogP contribution >= 0.6 is 11.6 Å². The summed E-state index contributed by atoms with van der Waals surface area (Å²) in [6, 6.07) is 18.4. The Bertz CT molecular complexity index is 1200. The van der Waals surface area contributed by atoms with Gasteiger partial charge in [-0.1, -0.05) is 48.0 Å². The van der Waals surface area contributed by atoms with Gasteiger partial charge in [-0.15, -0.1) is 0 Å². The van der Waals surface area contributed by atoms with Gasteiger partial charge in [0.25, 0.3) is 11.8 Å². The largest absolute Gasteiger partial charge is 0.350 e. The fourth-order valence-corrected chi connectivity index (χ4v) is 3.62. The average Bonchev–Trinajstić information content (AvgIpc) is 2.97. The smallest absolute Gasteiger partial charge is 0.278 e. The monoisotopic (exact) mass is 434 g/mol. The summed E-state index contributed by atoms with van der Waals surface area (Å²) < 4.78 is 13.5. The summed E-state index contributed by atoms with van der Waals surface area (Å²) >= 11 is 5.95. The van der Waals surface area contributed by atoms with Crippen molar-refractivity contribution in [3.05, 3.63) is 106 Å². The zero-order valence-electron chi connectivity index (χ0n) is 17.1. The van der Waals surface area contributed by atoms with Crippen molar-refractivity contribution in [1.29, 1.82) is 0 Å². The quantitative estimate of drug-likeness (QED) is 0.540. The molecule has 0 saturated carbocycles. The number of anilines is 1. The van der Waals surface area contributed by atoms with E-state index in [1.54, 1.807) is 24.3 Å². The predicted molar refractivity (Wildman–Crippen MR) is 120 cm³/mol. The molecule has 0 aromatic heterocycles. The molecule has 4 nitrogen and oxygen atoms in total. The molecule has 2 amide bonds. The lowest BCUT2D eigenvalue weighted by atomic mass is 10.0. The second-order valence-corrected chi connectivity index (χ2v) is 7.96. The van der Waals surface area contributed by atoms with Crippen molar-refractivity contribution in [2.45, 2.75) is 20.4 Å². The highest BCUT2D eigenvalue weighted by molar-refractivity contribution is 6.36. The summed E-state index contributed by atoms with van der Waals surface area (Å²) in [7, 11) is 0. The van der Waals surface area contributed by atoms with Crippen LogP contribution in [0.3, 0.4) is 0 Å². The standard InChI is InChI=1S/C25H20ClFN2O2/c1-15-3-4-16(2)21(13-15)28-23-22(18-7-11-20(27)12-8-18)24(30)29(25(23)31)14-17-5-9-19(26)10-6-17/h3-13,28H,14H2,1-2H3. The topological polar surface area (TPSA) is 49.4 Å². The Morgan fingerprint density at radius 2 is 1.58 bits per heavy atom. The molecule has 156 valence electrons. The first-order valence-electron chi connectivity index (χ1n) is 9.78. The zero-order chi connectivity index (χ0) is 22.1. The highest BCUT2D eigenvalue weighted by Gasteiger charge is 2.39. The minimum Gasteiger partial charge on any atom is -0.350 e. The number of halogens is 2. The maximum atomic E-state index is 13.5. The van der Waals surface area contributed by atoms with Gasteiger partial charge >= 0.3 is 0 Å². The first kappa shape index (κ1) is 20.8. The van der Waals surface area contributed by atoms with E-state index in [4.69, 9.17) is 11.6 Å². The molecule has 0 atom stereocenters. The summed E-state index contributed by atoms with van der Waals surface area (Å²) in [5.41, 5.74) is 4.35. The Kier molecular flexibility index (Phi) is 5.61. The predicted octanol–water partition coefficient (Wildman–Crippen LogP) is 5.49. The molecule has 0 saturated heterocycles. The number of carbonyl (C=O) groups is 2. The molecule has 0 spiro atoms. The van der Waals surface area contributed by atoms with Gasteiger partial charge in [0.2, 0.25) is 0 Å². The molecule has 0 bridgehead atoms. The Labute approximate surface area is 185 Å². The number of aryl methyl sites for hydroxylation is 2. The van der Waals surface area contributed by atoms with Crippen LogP contribution in [0.2, 0.25) is 5.02 Å². The number of nitrogens with one attached hydrogen (secondary N) is 1. The number of amides is 2. The van der Waals surface area contributed by atoms with Crippen molar-refractivity contribution >= 4 is 34.7 Å². The van der Waals surface area contributed by atoms with Crippen LogP contribution in [-0.2, 0) is 16.1 Å². The third-order valence-corrected chi connectivity index (χ3v) is 5.46. The fourth-order valence-electron chi connectivity index (χ4n) is 3.50. The summed E-state index contributed by atoms with van der Waals surface area (Å²) in [6.07, 6.45) is 0. The van der Waals surface area contributed by atoms with Crippen LogP contribution in [0.4, 0.5) is 10.1 Å². The van der Waals surface area contributed by atoms with E-state index in [1.807, 2.05) is 32.0 Å². The molecule has 1 N–H and O–H groups in total. The molecule has 0 fully saturated rings. The second kappa shape index (κ2) is 8.36. The van der Waals surface area contributed by atoms with E-state index in [0.29, 0.717) is 10.6 Å². The highest BCUT2D eigenvalue weighted by atomic mass is 35.5. The van der Waals surface area contributed by atoms with Gasteiger partial charge in [-0.05, 0) is 66.4 Å². The van der Waals surface area contributed by atoms with E-state index in [-0.39, 0.29) is 17.8 Å². The van der Waals surface area contributed by atoms with Crippen LogP contribution < -0.4 is 5.32 Å². The Balaban J connectivity index is 1.76. The van der Waals surface area contributed by atoms with Crippen molar-refractivity contribution in [2.75, 3.05) is 5.32 Å². The minimum atomic E-state index is -0.431. The Morgan fingerprint density at radius 3 is 2.26 bits per heavy atom. The third-order valence-electron chi connectivity index (χ3n) is 5.21. The SMILES string of the molecule is Cc1ccc(C)c(NC2=C(c3ccc(F)cc3)C(=O)N(Cc3ccc(Cl)cc3)C2=O)c1. The van der Waals surface area contributed by atoms with E-state index < -0.39 is 17.6 Å². The van der Waals surface area contributed by atoms with Gasteiger partial charge < -0.3 is 5.32 Å². The Morgan fingerprint density at radius 1 is 0.903 bits per heavy atom. The number of imide groups is 1. The molecule has 6 heteroatoms. The van der Waals surface area contributed by atoms with Gasteiger partial charge in [0, 0.05) is 10.7 Å². The van der Waals surface area contributed by atoms with Crippen molar-refractivity contribution in [3.8, 4) is 0 Å². The molecule has 1 aliphatic heterocycles. The van der Waals surface area contributed by atoms with Crippen LogP contribution in [0.25, 0.3) is 5.57 Å². The lowest BCUT2D eigenvalue weighted by molar-refractivity contribution is -0.137. The van der Waals surface area contributed by atoms with Crippen LogP contribution in [0.5, 0.6) is 0 Å². The number of benzene rings is 3. The maximum Gasteiger partial charge on any atom is 0.278 e. The number of carbonyl (C=O) groups excluding carboxylic acids is 2. The maximum absolute atomic E-state index is 13.5. The lowest BCUT2D eigenvalue weighted by Gasteiger charge is -2.16. The lowest BCUT2D eigenvalue weighted by Crippen LogP contribution is -2.32. The van der Waals surface area contributed by atoms with Gasteiger partial charge in [-0.25, -0.2) is 4.39 Å². The molecule has 3 aromatic rings. The number of nitrogens with zero attached hydrogens (tertiary/aromatic N) is 1. The minimum absolute atomic E-state index is 0.109. The zero-order valence-corrected chi connectivity index (χ0v) is 17.8.